The molecule has 1 unspecified atom stereocenters. The second kappa shape index (κ2) is 4.69. The van der Waals surface area contributed by atoms with Gasteiger partial charge in [-0.05, 0) is 24.0 Å². The lowest BCUT2D eigenvalue weighted by Gasteiger charge is -2.11. The van der Waals surface area contributed by atoms with Gasteiger partial charge in [0.05, 0.1) is 5.69 Å². The van der Waals surface area contributed by atoms with Gasteiger partial charge < -0.3 is 10.1 Å². The Morgan fingerprint density at radius 3 is 2.83 bits per heavy atom. The van der Waals surface area contributed by atoms with Crippen molar-refractivity contribution in [2.75, 3.05) is 11.9 Å². The molecule has 0 saturated heterocycles. The number of nitriles is 1. The van der Waals surface area contributed by atoms with Crippen molar-refractivity contribution < 1.29 is 9.53 Å². The van der Waals surface area contributed by atoms with Gasteiger partial charge in [0.15, 0.2) is 6.61 Å². The van der Waals surface area contributed by atoms with Crippen molar-refractivity contribution in [2.24, 2.45) is 11.3 Å². The van der Waals surface area contributed by atoms with E-state index >= 15 is 0 Å². The second-order valence-corrected chi connectivity index (χ2v) is 5.18. The molecule has 1 aromatic rings. The Hall–Kier alpha value is -2.02. The summed E-state index contributed by atoms with van der Waals surface area (Å²) in [6.07, 6.45) is 0.917. The van der Waals surface area contributed by atoms with E-state index in [0.29, 0.717) is 11.4 Å². The normalized spacial score (nSPS) is 19.7. The van der Waals surface area contributed by atoms with Crippen LogP contribution in [0.2, 0.25) is 0 Å². The highest BCUT2D eigenvalue weighted by atomic mass is 16.5. The summed E-state index contributed by atoms with van der Waals surface area (Å²) >= 11 is 0. The maximum absolute atomic E-state index is 12.0. The molecule has 0 spiro atoms. The van der Waals surface area contributed by atoms with E-state index in [-0.39, 0.29) is 23.8 Å². The van der Waals surface area contributed by atoms with Crippen molar-refractivity contribution in [3.8, 4) is 11.8 Å². The minimum atomic E-state index is -0.0260. The van der Waals surface area contributed by atoms with Crippen molar-refractivity contribution >= 4 is 11.6 Å². The van der Waals surface area contributed by atoms with Crippen LogP contribution in [-0.2, 0) is 4.79 Å². The lowest BCUT2D eigenvalue weighted by Crippen LogP contribution is -2.17. The summed E-state index contributed by atoms with van der Waals surface area (Å²) in [5.74, 6) is 0.625. The summed E-state index contributed by atoms with van der Waals surface area (Å²) in [6.45, 7) is 4.13. The quantitative estimate of drug-likeness (QED) is 0.885. The van der Waals surface area contributed by atoms with Crippen LogP contribution >= 0.6 is 0 Å². The van der Waals surface area contributed by atoms with Crippen molar-refractivity contribution in [3.05, 3.63) is 24.3 Å². The number of ether oxygens (including phenoxy) is 1. The van der Waals surface area contributed by atoms with Crippen molar-refractivity contribution in [1.82, 2.24) is 0 Å². The van der Waals surface area contributed by atoms with Crippen LogP contribution in [0.15, 0.2) is 24.3 Å². The number of amides is 1. The molecule has 2 rings (SSSR count). The van der Waals surface area contributed by atoms with Gasteiger partial charge in [-0.2, -0.15) is 5.26 Å². The third-order valence-corrected chi connectivity index (χ3v) is 3.27. The van der Waals surface area contributed by atoms with Crippen LogP contribution in [0.25, 0.3) is 0 Å². The first-order chi connectivity index (χ1) is 8.54. The Morgan fingerprint density at radius 2 is 2.22 bits per heavy atom. The summed E-state index contributed by atoms with van der Waals surface area (Å²) in [7, 11) is 0. The van der Waals surface area contributed by atoms with Gasteiger partial charge in [-0.25, -0.2) is 0 Å². The molecular weight excluding hydrogens is 228 g/mol. The van der Waals surface area contributed by atoms with E-state index in [1.165, 1.54) is 0 Å². The first kappa shape index (κ1) is 12.4. The van der Waals surface area contributed by atoms with E-state index in [2.05, 4.69) is 19.2 Å². The largest absolute Gasteiger partial charge is 0.477 e. The van der Waals surface area contributed by atoms with E-state index in [1.807, 2.05) is 18.2 Å². The first-order valence-corrected chi connectivity index (χ1v) is 5.94. The molecule has 0 heterocycles. The molecule has 1 aromatic carbocycles. The van der Waals surface area contributed by atoms with Gasteiger partial charge in [0.25, 0.3) is 0 Å². The van der Waals surface area contributed by atoms with Gasteiger partial charge in [-0.15, -0.1) is 0 Å². The highest BCUT2D eigenvalue weighted by Crippen LogP contribution is 2.52. The maximum Gasteiger partial charge on any atom is 0.228 e. The van der Waals surface area contributed by atoms with Gasteiger partial charge in [0.2, 0.25) is 5.91 Å². The molecule has 1 fully saturated rings. The number of carbonyl (C=O) groups is 1. The standard InChI is InChI=1S/C14H16N2O2/c1-14(2)9-10(14)13(17)16-11-5-3-4-6-12(11)18-8-7-15/h3-6,10H,8-9H2,1-2H3,(H,16,17). The molecule has 1 saturated carbocycles. The minimum absolute atomic E-state index is 0.0213. The van der Waals surface area contributed by atoms with Crippen LogP contribution in [0.1, 0.15) is 20.3 Å². The molecule has 4 heteroatoms. The molecule has 0 aromatic heterocycles. The summed E-state index contributed by atoms with van der Waals surface area (Å²) in [5.41, 5.74) is 0.729. The van der Waals surface area contributed by atoms with Gasteiger partial charge in [-0.3, -0.25) is 4.79 Å². The molecule has 0 radical (unpaired) electrons. The van der Waals surface area contributed by atoms with Gasteiger partial charge in [0.1, 0.15) is 11.8 Å². The third-order valence-electron chi connectivity index (χ3n) is 3.27. The molecule has 4 nitrogen and oxygen atoms in total. The number of para-hydroxylation sites is 2. The average molecular weight is 244 g/mol. The van der Waals surface area contributed by atoms with Gasteiger partial charge in [0, 0.05) is 5.92 Å². The summed E-state index contributed by atoms with van der Waals surface area (Å²) < 4.78 is 5.26. The summed E-state index contributed by atoms with van der Waals surface area (Å²) in [5, 5.41) is 11.4. The first-order valence-electron chi connectivity index (χ1n) is 5.94. The molecule has 18 heavy (non-hydrogen) atoms. The number of rotatable bonds is 4. The Kier molecular flexibility index (Phi) is 3.24. The zero-order chi connectivity index (χ0) is 13.2. The van der Waals surface area contributed by atoms with Crippen LogP contribution in [0.4, 0.5) is 5.69 Å². The molecule has 0 aliphatic heterocycles. The topological polar surface area (TPSA) is 62.1 Å². The molecule has 1 aliphatic rings. The summed E-state index contributed by atoms with van der Waals surface area (Å²) in [6, 6.07) is 9.06. The molecule has 1 N–H and O–H groups in total. The Labute approximate surface area is 107 Å². The van der Waals surface area contributed by atoms with E-state index in [9.17, 15) is 4.79 Å². The van der Waals surface area contributed by atoms with Crippen molar-refractivity contribution in [3.63, 3.8) is 0 Å². The number of nitrogens with zero attached hydrogens (tertiary/aromatic N) is 1. The lowest BCUT2D eigenvalue weighted by molar-refractivity contribution is -0.118. The zero-order valence-electron chi connectivity index (χ0n) is 10.6. The predicted octanol–water partition coefficient (Wildman–Crippen LogP) is 2.57. The fourth-order valence-corrected chi connectivity index (χ4v) is 1.94. The molecular formula is C14H16N2O2. The van der Waals surface area contributed by atoms with Gasteiger partial charge in [-0.1, -0.05) is 26.0 Å². The summed E-state index contributed by atoms with van der Waals surface area (Å²) in [4.78, 5) is 12.0. The number of hydrogen-bond acceptors (Lipinski definition) is 3. The van der Waals surface area contributed by atoms with Crippen LogP contribution in [0.3, 0.4) is 0 Å². The number of hydrogen-bond donors (Lipinski definition) is 1. The Morgan fingerprint density at radius 1 is 1.56 bits per heavy atom. The Bertz CT molecular complexity index is 503. The van der Waals surface area contributed by atoms with E-state index in [4.69, 9.17) is 10.00 Å². The number of carbonyl (C=O) groups excluding carboxylic acids is 1. The molecule has 1 aliphatic carbocycles. The van der Waals surface area contributed by atoms with Crippen LogP contribution in [0.5, 0.6) is 5.75 Å². The van der Waals surface area contributed by atoms with Crippen LogP contribution in [-0.4, -0.2) is 12.5 Å². The zero-order valence-corrected chi connectivity index (χ0v) is 10.6. The monoisotopic (exact) mass is 244 g/mol. The molecule has 1 atom stereocenters. The SMILES string of the molecule is CC1(C)CC1C(=O)Nc1ccccc1OCC#N. The van der Waals surface area contributed by atoms with E-state index in [1.54, 1.807) is 12.1 Å². The second-order valence-electron chi connectivity index (χ2n) is 5.18. The van der Waals surface area contributed by atoms with E-state index < -0.39 is 0 Å². The Balaban J connectivity index is 2.05. The highest BCUT2D eigenvalue weighted by molar-refractivity contribution is 5.96. The smallest absolute Gasteiger partial charge is 0.228 e. The molecule has 94 valence electrons. The fraction of sp³-hybridized carbons (Fsp3) is 0.429. The lowest BCUT2D eigenvalue weighted by atomic mass is 10.1. The number of nitrogens with one attached hydrogen (secondary N) is 1. The molecule has 0 bridgehead atoms. The minimum Gasteiger partial charge on any atom is -0.477 e. The fourth-order valence-electron chi connectivity index (χ4n) is 1.94. The average Bonchev–Trinajstić information content (AvgIpc) is 2.97. The number of benzene rings is 1. The van der Waals surface area contributed by atoms with E-state index in [0.717, 1.165) is 6.42 Å². The molecule has 1 amide bonds. The van der Waals surface area contributed by atoms with Gasteiger partial charge >= 0.3 is 0 Å². The predicted molar refractivity (Wildman–Crippen MR) is 68.1 cm³/mol. The van der Waals surface area contributed by atoms with Crippen LogP contribution < -0.4 is 10.1 Å². The van der Waals surface area contributed by atoms with Crippen LogP contribution in [0, 0.1) is 22.7 Å². The van der Waals surface area contributed by atoms with Crippen molar-refractivity contribution in [2.45, 2.75) is 20.3 Å². The highest BCUT2D eigenvalue weighted by Gasteiger charge is 2.50. The number of anilines is 1. The van der Waals surface area contributed by atoms with Crippen molar-refractivity contribution in [1.29, 1.82) is 5.26 Å². The maximum atomic E-state index is 12.0. The third kappa shape index (κ3) is 2.62.